The maximum Gasteiger partial charge on any atom is 0.289 e. The summed E-state index contributed by atoms with van der Waals surface area (Å²) in [6.07, 6.45) is 8.20. The predicted octanol–water partition coefficient (Wildman–Crippen LogP) is 3.99. The summed E-state index contributed by atoms with van der Waals surface area (Å²) < 4.78 is 0. The van der Waals surface area contributed by atoms with E-state index in [0.717, 1.165) is 44.9 Å². The number of amides is 5. The van der Waals surface area contributed by atoms with Crippen LogP contribution in [0.3, 0.4) is 0 Å². The number of Topliss-reactive ketones (excluding diaryl/α,β-unsaturated/α-hetero) is 1. The largest absolute Gasteiger partial charge is 0.346 e. The molecule has 4 aliphatic rings. The van der Waals surface area contributed by atoms with Crippen LogP contribution in [0, 0.1) is 34.0 Å². The number of nitrogens with zero attached hydrogens (tertiary/aromatic N) is 1. The molecule has 5 amide bonds. The fourth-order valence-electron chi connectivity index (χ4n) is 8.25. The zero-order valence-corrected chi connectivity index (χ0v) is 31.3. The number of piperidine rings is 1. The molecule has 4 fully saturated rings. The molecule has 0 spiro atoms. The fraction of sp³-hybridized carbons (Fsp3) is 0.684. The summed E-state index contributed by atoms with van der Waals surface area (Å²) in [6, 6.07) is -0.197. The normalized spacial score (nSPS) is 25.2. The summed E-state index contributed by atoms with van der Waals surface area (Å²) in [4.78, 5) is 84.4. The lowest BCUT2D eigenvalue weighted by Gasteiger charge is -2.42. The smallest absolute Gasteiger partial charge is 0.289 e. The second-order valence-corrected chi connectivity index (χ2v) is 17.8. The first-order valence-corrected chi connectivity index (χ1v) is 19.1. The molecule has 0 bridgehead atoms. The second kappa shape index (κ2) is 14.6. The molecule has 0 aromatic carbocycles. The van der Waals surface area contributed by atoms with Crippen LogP contribution in [0.1, 0.15) is 103 Å². The van der Waals surface area contributed by atoms with Gasteiger partial charge in [-0.2, -0.15) is 0 Å². The van der Waals surface area contributed by atoms with Crippen molar-refractivity contribution in [2.75, 3.05) is 13.1 Å². The first-order chi connectivity index (χ1) is 23.5. The first kappa shape index (κ1) is 37.7. The molecule has 4 N–H and O–H groups in total. The monoisotopic (exact) mass is 709 g/mol. The molecule has 274 valence electrons. The Morgan fingerprint density at radius 1 is 1.02 bits per heavy atom. The first-order valence-electron chi connectivity index (χ1n) is 18.2. The van der Waals surface area contributed by atoms with Gasteiger partial charge < -0.3 is 26.2 Å². The van der Waals surface area contributed by atoms with Crippen LogP contribution in [0.2, 0.25) is 0 Å². The van der Waals surface area contributed by atoms with Crippen LogP contribution >= 0.6 is 11.3 Å². The van der Waals surface area contributed by atoms with E-state index in [4.69, 9.17) is 0 Å². The average Bonchev–Trinajstić information content (AvgIpc) is 3.75. The number of fused-ring (bicyclic) bond motifs is 1. The average molecular weight is 710 g/mol. The molecule has 3 unspecified atom stereocenters. The summed E-state index contributed by atoms with van der Waals surface area (Å²) in [5.74, 6) is -2.86. The van der Waals surface area contributed by atoms with Gasteiger partial charge in [0.05, 0.1) is 10.9 Å². The minimum absolute atomic E-state index is 0.0750. The van der Waals surface area contributed by atoms with Crippen molar-refractivity contribution in [2.24, 2.45) is 34.0 Å². The fourth-order valence-corrected chi connectivity index (χ4v) is 8.88. The lowest BCUT2D eigenvalue weighted by molar-refractivity contribution is -0.147. The molecule has 6 atom stereocenters. The molecule has 11 nitrogen and oxygen atoms in total. The molecule has 1 aromatic heterocycles. The summed E-state index contributed by atoms with van der Waals surface area (Å²) in [7, 11) is 0. The van der Waals surface area contributed by atoms with Gasteiger partial charge in [-0.3, -0.25) is 28.8 Å². The Morgan fingerprint density at radius 2 is 1.70 bits per heavy atom. The van der Waals surface area contributed by atoms with E-state index < -0.39 is 58.5 Å². The Hall–Kier alpha value is -3.54. The lowest BCUT2D eigenvalue weighted by atomic mass is 9.70. The van der Waals surface area contributed by atoms with E-state index in [0.29, 0.717) is 17.8 Å². The number of rotatable bonds is 14. The maximum atomic E-state index is 14.6. The van der Waals surface area contributed by atoms with E-state index in [1.165, 1.54) is 17.4 Å². The minimum Gasteiger partial charge on any atom is -0.346 e. The van der Waals surface area contributed by atoms with Crippen molar-refractivity contribution >= 4 is 46.7 Å². The predicted molar refractivity (Wildman–Crippen MR) is 192 cm³/mol. The zero-order valence-electron chi connectivity index (χ0n) is 30.4. The Labute approximate surface area is 300 Å². The van der Waals surface area contributed by atoms with Crippen LogP contribution in [0.5, 0.6) is 0 Å². The highest BCUT2D eigenvalue weighted by molar-refractivity contribution is 7.12. The molecule has 5 rings (SSSR count). The topological polar surface area (TPSA) is 154 Å². The summed E-state index contributed by atoms with van der Waals surface area (Å²) in [5.41, 5.74) is -1.42. The molecular weight excluding hydrogens is 655 g/mol. The van der Waals surface area contributed by atoms with Crippen molar-refractivity contribution in [2.45, 2.75) is 117 Å². The van der Waals surface area contributed by atoms with Gasteiger partial charge in [-0.25, -0.2) is 0 Å². The minimum atomic E-state index is -1.00. The Morgan fingerprint density at radius 3 is 2.28 bits per heavy atom. The third kappa shape index (κ3) is 8.00. The van der Waals surface area contributed by atoms with Crippen LogP contribution in [0.15, 0.2) is 30.2 Å². The summed E-state index contributed by atoms with van der Waals surface area (Å²) in [5, 5.41) is 13.3. The summed E-state index contributed by atoms with van der Waals surface area (Å²) >= 11 is 1.30. The molecule has 3 saturated carbocycles. The van der Waals surface area contributed by atoms with Gasteiger partial charge in [0.25, 0.3) is 11.8 Å². The standard InChI is InChI=1S/C38H55N5O6S/c1-8-18-39-33(47)28(44)24(20-22-14-15-22)40-32(46)27-26-23(37(26,5)6)21-43(27)35(49)30(36(2,3)4)42-34(48)29(38(7)16-10-9-11-17-38)41-31(45)25-13-12-19-50-25/h8,12-13,19,22-24,26-27,29-30H,1,9-11,14-18,20-21H2,2-7H3,(H,39,47)(H,40,46)(H,41,45)(H,42,48)/t23?,24?,26?,27-,29+,30+/m0/s1. The number of hydrogen-bond acceptors (Lipinski definition) is 7. The van der Waals surface area contributed by atoms with Crippen LogP contribution in [-0.2, 0) is 24.0 Å². The number of ketones is 1. The molecule has 1 aliphatic heterocycles. The van der Waals surface area contributed by atoms with Gasteiger partial charge in [0.15, 0.2) is 0 Å². The Kier molecular flexibility index (Phi) is 11.0. The second-order valence-electron chi connectivity index (χ2n) is 16.9. The van der Waals surface area contributed by atoms with E-state index >= 15 is 0 Å². The number of hydrogen-bond donors (Lipinski definition) is 4. The Balaban J connectivity index is 1.38. The molecule has 1 aromatic rings. The van der Waals surface area contributed by atoms with E-state index in [-0.39, 0.29) is 41.5 Å². The van der Waals surface area contributed by atoms with Crippen LogP contribution in [0.4, 0.5) is 0 Å². The van der Waals surface area contributed by atoms with Gasteiger partial charge in [0.1, 0.15) is 18.1 Å². The third-order valence-electron chi connectivity index (χ3n) is 11.7. The van der Waals surface area contributed by atoms with Crippen LogP contribution in [-0.4, -0.2) is 77.5 Å². The molecule has 12 heteroatoms. The highest BCUT2D eigenvalue weighted by atomic mass is 32.1. The number of likely N-dealkylation sites (tertiary alicyclic amines) is 1. The molecule has 0 radical (unpaired) electrons. The van der Waals surface area contributed by atoms with Gasteiger partial charge >= 0.3 is 0 Å². The SMILES string of the molecule is C=CCNC(=O)C(=O)C(CC1CC1)NC(=O)[C@@H]1C2C(CN1C(=O)[C@@H](NC(=O)[C@@H](NC(=O)c1cccs1)C1(C)CCCCC1)C(C)(C)C)C2(C)C. The number of carbonyl (C=O) groups is 6. The van der Waals surface area contributed by atoms with Gasteiger partial charge in [0.2, 0.25) is 23.5 Å². The van der Waals surface area contributed by atoms with Crippen molar-refractivity contribution < 1.29 is 28.8 Å². The van der Waals surface area contributed by atoms with Crippen LogP contribution < -0.4 is 21.3 Å². The van der Waals surface area contributed by atoms with Gasteiger partial charge in [-0.05, 0) is 64.7 Å². The van der Waals surface area contributed by atoms with Gasteiger partial charge in [-0.1, -0.05) is 85.8 Å². The van der Waals surface area contributed by atoms with Gasteiger partial charge in [0, 0.05) is 13.1 Å². The van der Waals surface area contributed by atoms with E-state index in [1.54, 1.807) is 17.0 Å². The van der Waals surface area contributed by atoms with E-state index in [9.17, 15) is 28.8 Å². The highest BCUT2D eigenvalue weighted by Crippen LogP contribution is 2.65. The lowest BCUT2D eigenvalue weighted by Crippen LogP contribution is -2.64. The number of thiophene rings is 1. The summed E-state index contributed by atoms with van der Waals surface area (Å²) in [6.45, 7) is 15.9. The maximum absolute atomic E-state index is 14.6. The van der Waals surface area contributed by atoms with Crippen molar-refractivity contribution in [3.05, 3.63) is 35.0 Å². The third-order valence-corrected chi connectivity index (χ3v) is 12.5. The van der Waals surface area contributed by atoms with Crippen molar-refractivity contribution in [1.29, 1.82) is 0 Å². The van der Waals surface area contributed by atoms with Crippen molar-refractivity contribution in [3.63, 3.8) is 0 Å². The van der Waals surface area contributed by atoms with Crippen LogP contribution in [0.25, 0.3) is 0 Å². The van der Waals surface area contributed by atoms with E-state index in [1.807, 2.05) is 33.1 Å². The molecule has 2 heterocycles. The molecule has 50 heavy (non-hydrogen) atoms. The molecule has 1 saturated heterocycles. The van der Waals surface area contributed by atoms with E-state index in [2.05, 4.69) is 41.7 Å². The van der Waals surface area contributed by atoms with Crippen molar-refractivity contribution in [3.8, 4) is 0 Å². The zero-order chi connectivity index (χ0) is 36.6. The molecular formula is C38H55N5O6S. The number of carbonyl (C=O) groups excluding carboxylic acids is 6. The quantitative estimate of drug-likeness (QED) is 0.169. The highest BCUT2D eigenvalue weighted by Gasteiger charge is 2.70. The Bertz CT molecular complexity index is 1490. The molecule has 3 aliphatic carbocycles. The van der Waals surface area contributed by atoms with Crippen molar-refractivity contribution in [1.82, 2.24) is 26.2 Å². The van der Waals surface area contributed by atoms with Gasteiger partial charge in [-0.15, -0.1) is 17.9 Å². The number of nitrogens with one attached hydrogen (secondary N) is 4.